The number of fused-ring (bicyclic) bond motifs is 3. The average Bonchev–Trinajstić information content (AvgIpc) is 2.62. The van der Waals surface area contributed by atoms with Gasteiger partial charge < -0.3 is 9.47 Å². The number of piperidine rings is 3. The van der Waals surface area contributed by atoms with E-state index in [4.69, 9.17) is 9.47 Å². The monoisotopic (exact) mass is 349 g/mol. The summed E-state index contributed by atoms with van der Waals surface area (Å²) in [6, 6.07) is 9.33. The van der Waals surface area contributed by atoms with Gasteiger partial charge in [-0.3, -0.25) is 4.90 Å². The van der Waals surface area contributed by atoms with E-state index >= 15 is 0 Å². The molecule has 0 N–H and O–H groups in total. The van der Waals surface area contributed by atoms with Crippen LogP contribution in [0.2, 0.25) is 0 Å². The minimum absolute atomic E-state index is 0.123. The van der Waals surface area contributed by atoms with E-state index in [0.717, 1.165) is 38.2 Å². The first kappa shape index (κ1) is 17.8. The number of nitrogens with zero attached hydrogens (tertiary/aromatic N) is 1. The van der Waals surface area contributed by atoms with Crippen LogP contribution in [0.3, 0.4) is 0 Å². The summed E-state index contributed by atoms with van der Waals surface area (Å²) >= 11 is 1.76. The van der Waals surface area contributed by atoms with Crippen LogP contribution in [-0.4, -0.2) is 53.9 Å². The van der Waals surface area contributed by atoms with Crippen LogP contribution in [0.5, 0.6) is 0 Å². The third kappa shape index (κ3) is 3.95. The molecule has 3 heterocycles. The minimum Gasteiger partial charge on any atom is -0.453 e. The summed E-state index contributed by atoms with van der Waals surface area (Å²) in [6.45, 7) is 7.89. The summed E-state index contributed by atoms with van der Waals surface area (Å²) in [7, 11) is 0. The van der Waals surface area contributed by atoms with Crippen molar-refractivity contribution in [2.75, 3.05) is 32.0 Å². The number of thioether (sulfide) groups is 1. The quantitative estimate of drug-likeness (QED) is 0.557. The lowest BCUT2D eigenvalue weighted by molar-refractivity contribution is -0.106. The van der Waals surface area contributed by atoms with Gasteiger partial charge >= 0.3 is 5.97 Å². The molecule has 2 bridgehead atoms. The minimum atomic E-state index is -0.389. The van der Waals surface area contributed by atoms with E-state index in [1.807, 2.05) is 37.3 Å². The lowest BCUT2D eigenvalue weighted by atomic mass is 9.76. The summed E-state index contributed by atoms with van der Waals surface area (Å²) in [5, 5.41) is 0. The van der Waals surface area contributed by atoms with Crippen molar-refractivity contribution in [1.82, 2.24) is 4.90 Å². The Labute approximate surface area is 148 Å². The Morgan fingerprint density at radius 2 is 2.04 bits per heavy atom. The molecular weight excluding hydrogens is 322 g/mol. The van der Waals surface area contributed by atoms with Crippen LogP contribution in [0.4, 0.5) is 0 Å². The second-order valence-corrected chi connectivity index (χ2v) is 7.99. The number of hydrogen-bond acceptors (Lipinski definition) is 5. The zero-order chi connectivity index (χ0) is 17.0. The Balaban J connectivity index is 1.74. The van der Waals surface area contributed by atoms with Gasteiger partial charge in [0.25, 0.3) is 0 Å². The van der Waals surface area contributed by atoms with E-state index in [-0.39, 0.29) is 17.0 Å². The molecule has 3 aliphatic heterocycles. The topological polar surface area (TPSA) is 38.8 Å². The van der Waals surface area contributed by atoms with Gasteiger partial charge in [-0.2, -0.15) is 0 Å². The van der Waals surface area contributed by atoms with E-state index in [0.29, 0.717) is 18.1 Å². The smallest absolute Gasteiger partial charge is 0.338 e. The number of rotatable bonds is 7. The molecule has 1 aromatic rings. The third-order valence-electron chi connectivity index (χ3n) is 5.09. The summed E-state index contributed by atoms with van der Waals surface area (Å²) in [4.78, 5) is 15.1. The number of carbonyl (C=O) groups excluding carboxylic acids is 1. The molecule has 0 unspecified atom stereocenters. The maximum atomic E-state index is 12.7. The molecule has 0 aromatic heterocycles. The first-order valence-electron chi connectivity index (χ1n) is 8.87. The molecule has 24 heavy (non-hydrogen) atoms. The van der Waals surface area contributed by atoms with Crippen LogP contribution in [-0.2, 0) is 9.47 Å². The Morgan fingerprint density at radius 1 is 1.33 bits per heavy atom. The van der Waals surface area contributed by atoms with Crippen molar-refractivity contribution in [2.45, 2.75) is 37.7 Å². The highest BCUT2D eigenvalue weighted by Gasteiger charge is 2.49. The lowest BCUT2D eigenvalue weighted by Crippen LogP contribution is -2.62. The molecule has 3 saturated heterocycles. The Bertz CT molecular complexity index is 545. The first-order valence-corrected chi connectivity index (χ1v) is 9.92. The van der Waals surface area contributed by atoms with E-state index in [1.54, 1.807) is 11.8 Å². The van der Waals surface area contributed by atoms with Gasteiger partial charge in [-0.15, -0.1) is 11.8 Å². The van der Waals surface area contributed by atoms with E-state index in [1.165, 1.54) is 0 Å². The molecule has 5 heteroatoms. The molecule has 3 aliphatic rings. The van der Waals surface area contributed by atoms with Crippen LogP contribution >= 0.6 is 11.8 Å². The fraction of sp³-hybridized carbons (Fsp3) is 0.632. The number of hydrogen-bond donors (Lipinski definition) is 0. The second-order valence-electron chi connectivity index (χ2n) is 6.70. The Kier molecular flexibility index (Phi) is 5.85. The van der Waals surface area contributed by atoms with Crippen LogP contribution in [0.1, 0.15) is 37.0 Å². The van der Waals surface area contributed by atoms with Crippen molar-refractivity contribution in [2.24, 2.45) is 5.92 Å². The molecule has 0 amide bonds. The molecule has 4 nitrogen and oxygen atoms in total. The number of carbonyl (C=O) groups is 1. The van der Waals surface area contributed by atoms with Crippen molar-refractivity contribution in [3.63, 3.8) is 0 Å². The lowest BCUT2D eigenvalue weighted by Gasteiger charge is -2.52. The van der Waals surface area contributed by atoms with Crippen molar-refractivity contribution in [1.29, 1.82) is 0 Å². The highest BCUT2D eigenvalue weighted by Crippen LogP contribution is 2.41. The SMILES string of the molecule is CCO[C@H](C)SC[C@]1(OC(=O)c2ccccc2)CN2CCC1CC2. The zero-order valence-electron chi connectivity index (χ0n) is 14.6. The van der Waals surface area contributed by atoms with Crippen molar-refractivity contribution >= 4 is 17.7 Å². The predicted octanol–water partition coefficient (Wildman–Crippen LogP) is 3.42. The van der Waals surface area contributed by atoms with Gasteiger partial charge in [0.05, 0.1) is 5.56 Å². The van der Waals surface area contributed by atoms with Gasteiger partial charge in [0, 0.05) is 24.8 Å². The van der Waals surface area contributed by atoms with Crippen LogP contribution in [0.15, 0.2) is 30.3 Å². The molecule has 4 rings (SSSR count). The zero-order valence-corrected chi connectivity index (χ0v) is 15.4. The summed E-state index contributed by atoms with van der Waals surface area (Å²) in [6.07, 6.45) is 2.23. The molecular formula is C19H27NO3S. The van der Waals surface area contributed by atoms with Crippen molar-refractivity contribution in [3.05, 3.63) is 35.9 Å². The molecule has 1 aromatic carbocycles. The van der Waals surface area contributed by atoms with Gasteiger partial charge in [-0.05, 0) is 51.9 Å². The molecule has 3 fully saturated rings. The summed E-state index contributed by atoms with van der Waals surface area (Å²) in [5.41, 5.74) is 0.369. The first-order chi connectivity index (χ1) is 11.6. The Hall–Kier alpha value is -1.04. The number of benzene rings is 1. The van der Waals surface area contributed by atoms with Crippen molar-refractivity contribution < 1.29 is 14.3 Å². The maximum absolute atomic E-state index is 12.7. The third-order valence-corrected chi connectivity index (χ3v) is 6.35. The van der Waals surface area contributed by atoms with Gasteiger partial charge in [-0.25, -0.2) is 4.79 Å². The number of ether oxygens (including phenoxy) is 2. The fourth-order valence-corrected chi connectivity index (χ4v) is 4.93. The second kappa shape index (κ2) is 7.89. The molecule has 0 spiro atoms. The van der Waals surface area contributed by atoms with Crippen molar-refractivity contribution in [3.8, 4) is 0 Å². The Morgan fingerprint density at radius 3 is 2.62 bits per heavy atom. The highest BCUT2D eigenvalue weighted by atomic mass is 32.2. The van der Waals surface area contributed by atoms with E-state index < -0.39 is 0 Å². The predicted molar refractivity (Wildman–Crippen MR) is 97.3 cm³/mol. The van der Waals surface area contributed by atoms with Crippen LogP contribution in [0.25, 0.3) is 0 Å². The average molecular weight is 349 g/mol. The maximum Gasteiger partial charge on any atom is 0.338 e. The van der Waals surface area contributed by atoms with Gasteiger partial charge in [0.15, 0.2) is 0 Å². The molecule has 0 saturated carbocycles. The molecule has 132 valence electrons. The fourth-order valence-electron chi connectivity index (χ4n) is 3.79. The number of esters is 1. The summed E-state index contributed by atoms with van der Waals surface area (Å²) in [5.74, 6) is 1.05. The molecule has 2 atom stereocenters. The molecule has 0 radical (unpaired) electrons. The molecule has 0 aliphatic carbocycles. The van der Waals surface area contributed by atoms with Gasteiger partial charge in [0.2, 0.25) is 0 Å². The summed E-state index contributed by atoms with van der Waals surface area (Å²) < 4.78 is 11.8. The van der Waals surface area contributed by atoms with E-state index in [9.17, 15) is 4.79 Å². The largest absolute Gasteiger partial charge is 0.453 e. The van der Waals surface area contributed by atoms with E-state index in [2.05, 4.69) is 11.8 Å². The van der Waals surface area contributed by atoms with Gasteiger partial charge in [0.1, 0.15) is 11.0 Å². The standard InChI is InChI=1S/C19H27NO3S/c1-3-22-15(2)24-14-19(13-20-11-9-17(19)10-12-20)23-18(21)16-7-5-4-6-8-16/h4-8,15,17H,3,9-14H2,1-2H3/t15-,19+/m0/s1. The van der Waals surface area contributed by atoms with Gasteiger partial charge in [-0.1, -0.05) is 18.2 Å². The highest BCUT2D eigenvalue weighted by molar-refractivity contribution is 7.99. The van der Waals surface area contributed by atoms with Crippen LogP contribution in [0, 0.1) is 5.92 Å². The normalized spacial score (nSPS) is 30.1. The van der Waals surface area contributed by atoms with Crippen LogP contribution < -0.4 is 0 Å².